The van der Waals surface area contributed by atoms with Crippen LogP contribution in [0, 0.1) is 0 Å². The van der Waals surface area contributed by atoms with Gasteiger partial charge in [0.2, 0.25) is 11.8 Å². The largest absolute Gasteiger partial charge is 0.382 e. The fourth-order valence-electron chi connectivity index (χ4n) is 2.01. The molecule has 0 spiro atoms. The maximum Gasteiger partial charge on any atom is 0.247 e. The van der Waals surface area contributed by atoms with Crippen molar-refractivity contribution >= 4 is 11.8 Å². The summed E-state index contributed by atoms with van der Waals surface area (Å²) < 4.78 is 10.2. The lowest BCUT2D eigenvalue weighted by Crippen LogP contribution is -2.53. The third-order valence-corrected chi connectivity index (χ3v) is 3.03. The molecule has 1 fully saturated rings. The molecule has 6 heteroatoms. The summed E-state index contributed by atoms with van der Waals surface area (Å²) in [6.45, 7) is 6.30. The number of hydrogen-bond acceptors (Lipinski definition) is 4. The molecule has 1 saturated heterocycles. The molecule has 6 nitrogen and oxygen atoms in total. The van der Waals surface area contributed by atoms with Gasteiger partial charge >= 0.3 is 0 Å². The van der Waals surface area contributed by atoms with Crippen LogP contribution in [0.25, 0.3) is 0 Å². The second-order valence-electron chi connectivity index (χ2n) is 5.17. The molecule has 0 unspecified atom stereocenters. The maximum absolute atomic E-state index is 12.2. The summed E-state index contributed by atoms with van der Waals surface area (Å²) in [5, 5.41) is 2.74. The Bertz CT molecular complexity index is 318. The van der Waals surface area contributed by atoms with Crippen molar-refractivity contribution in [2.75, 3.05) is 40.0 Å². The van der Waals surface area contributed by atoms with Gasteiger partial charge in [0.25, 0.3) is 0 Å². The zero-order valence-corrected chi connectivity index (χ0v) is 12.0. The Hall–Kier alpha value is -1.14. The van der Waals surface area contributed by atoms with E-state index in [0.717, 1.165) is 6.42 Å². The second kappa shape index (κ2) is 7.45. The summed E-state index contributed by atoms with van der Waals surface area (Å²) in [5.74, 6) is -0.104. The number of rotatable bonds is 7. The van der Waals surface area contributed by atoms with Crippen LogP contribution in [0.2, 0.25) is 0 Å². The first-order chi connectivity index (χ1) is 8.97. The number of methoxy groups -OCH3 is 1. The van der Waals surface area contributed by atoms with Gasteiger partial charge in [0, 0.05) is 33.2 Å². The van der Waals surface area contributed by atoms with Gasteiger partial charge in [0.15, 0.2) is 0 Å². The number of ether oxygens (including phenoxy) is 2. The standard InChI is InChI=1S/C13H24N2O4/c1-13(2)12(17)15(7-5-11(16)14-13)6-4-8-19-10-9-18-3/h4-10H2,1-3H3,(H,14,16). The minimum absolute atomic E-state index is 0.0322. The third-order valence-electron chi connectivity index (χ3n) is 3.03. The van der Waals surface area contributed by atoms with E-state index in [1.165, 1.54) is 0 Å². The molecule has 0 bridgehead atoms. The Kier molecular flexibility index (Phi) is 6.24. The van der Waals surface area contributed by atoms with Crippen LogP contribution < -0.4 is 5.32 Å². The predicted molar refractivity (Wildman–Crippen MR) is 70.7 cm³/mol. The van der Waals surface area contributed by atoms with E-state index in [1.54, 1.807) is 25.9 Å². The summed E-state index contributed by atoms with van der Waals surface area (Å²) >= 11 is 0. The average Bonchev–Trinajstić information content (AvgIpc) is 2.44. The van der Waals surface area contributed by atoms with Crippen molar-refractivity contribution in [2.24, 2.45) is 0 Å². The molecule has 1 aliphatic rings. The van der Waals surface area contributed by atoms with E-state index in [4.69, 9.17) is 9.47 Å². The summed E-state index contributed by atoms with van der Waals surface area (Å²) in [7, 11) is 1.63. The van der Waals surface area contributed by atoms with Crippen molar-refractivity contribution in [3.8, 4) is 0 Å². The predicted octanol–water partition coefficient (Wildman–Crippen LogP) is 0.167. The smallest absolute Gasteiger partial charge is 0.247 e. The molecule has 1 heterocycles. The number of carbonyl (C=O) groups is 2. The Morgan fingerprint density at radius 1 is 1.26 bits per heavy atom. The van der Waals surface area contributed by atoms with Gasteiger partial charge in [-0.2, -0.15) is 0 Å². The SMILES string of the molecule is COCCOCCCN1CCC(=O)NC(C)(C)C1=O. The van der Waals surface area contributed by atoms with Crippen molar-refractivity contribution in [3.63, 3.8) is 0 Å². The number of nitrogens with one attached hydrogen (secondary N) is 1. The molecular weight excluding hydrogens is 248 g/mol. The molecule has 1 N–H and O–H groups in total. The van der Waals surface area contributed by atoms with Gasteiger partial charge in [-0.15, -0.1) is 0 Å². The molecule has 1 rings (SSSR count). The lowest BCUT2D eigenvalue weighted by molar-refractivity contribution is -0.137. The van der Waals surface area contributed by atoms with Gasteiger partial charge in [0.05, 0.1) is 13.2 Å². The molecule has 0 radical (unpaired) electrons. The average molecular weight is 272 g/mol. The van der Waals surface area contributed by atoms with Crippen molar-refractivity contribution in [2.45, 2.75) is 32.2 Å². The van der Waals surface area contributed by atoms with Crippen LogP contribution in [-0.4, -0.2) is 62.3 Å². The van der Waals surface area contributed by atoms with Gasteiger partial charge in [-0.1, -0.05) is 0 Å². The Labute approximate surface area is 114 Å². The highest BCUT2D eigenvalue weighted by Crippen LogP contribution is 2.13. The van der Waals surface area contributed by atoms with Gasteiger partial charge in [-0.25, -0.2) is 0 Å². The Balaban J connectivity index is 2.35. The molecule has 0 aromatic carbocycles. The molecule has 0 saturated carbocycles. The normalized spacial score (nSPS) is 19.2. The van der Waals surface area contributed by atoms with E-state index in [-0.39, 0.29) is 11.8 Å². The van der Waals surface area contributed by atoms with Crippen LogP contribution in [0.15, 0.2) is 0 Å². The summed E-state index contributed by atoms with van der Waals surface area (Å²) in [6.07, 6.45) is 1.12. The first-order valence-electron chi connectivity index (χ1n) is 6.64. The summed E-state index contributed by atoms with van der Waals surface area (Å²) in [5.41, 5.74) is -0.815. The quantitative estimate of drug-likeness (QED) is 0.671. The Morgan fingerprint density at radius 2 is 2.00 bits per heavy atom. The van der Waals surface area contributed by atoms with E-state index < -0.39 is 5.54 Å². The molecular formula is C13H24N2O4. The van der Waals surface area contributed by atoms with Gasteiger partial charge in [-0.05, 0) is 20.3 Å². The molecule has 1 aliphatic heterocycles. The molecule has 0 atom stereocenters. The van der Waals surface area contributed by atoms with Gasteiger partial charge < -0.3 is 19.7 Å². The van der Waals surface area contributed by atoms with Crippen LogP contribution in [0.3, 0.4) is 0 Å². The van der Waals surface area contributed by atoms with E-state index in [9.17, 15) is 9.59 Å². The van der Waals surface area contributed by atoms with E-state index >= 15 is 0 Å². The van der Waals surface area contributed by atoms with Crippen LogP contribution >= 0.6 is 0 Å². The molecule has 0 aromatic rings. The first kappa shape index (κ1) is 15.9. The summed E-state index contributed by atoms with van der Waals surface area (Å²) in [6, 6.07) is 0. The van der Waals surface area contributed by atoms with Crippen LogP contribution in [0.4, 0.5) is 0 Å². The third kappa shape index (κ3) is 5.16. The van der Waals surface area contributed by atoms with E-state index in [0.29, 0.717) is 39.3 Å². The Morgan fingerprint density at radius 3 is 2.68 bits per heavy atom. The fraction of sp³-hybridized carbons (Fsp3) is 0.846. The van der Waals surface area contributed by atoms with Crippen molar-refractivity contribution < 1.29 is 19.1 Å². The monoisotopic (exact) mass is 272 g/mol. The zero-order valence-electron chi connectivity index (χ0n) is 12.0. The number of carbonyl (C=O) groups excluding carboxylic acids is 2. The van der Waals surface area contributed by atoms with Crippen molar-refractivity contribution in [1.29, 1.82) is 0 Å². The highest BCUT2D eigenvalue weighted by atomic mass is 16.5. The first-order valence-corrected chi connectivity index (χ1v) is 6.64. The number of nitrogens with zero attached hydrogens (tertiary/aromatic N) is 1. The second-order valence-corrected chi connectivity index (χ2v) is 5.17. The topological polar surface area (TPSA) is 67.9 Å². The van der Waals surface area contributed by atoms with Crippen LogP contribution in [-0.2, 0) is 19.1 Å². The molecule has 0 aliphatic carbocycles. The van der Waals surface area contributed by atoms with Crippen LogP contribution in [0.5, 0.6) is 0 Å². The lowest BCUT2D eigenvalue weighted by atomic mass is 10.0. The highest BCUT2D eigenvalue weighted by molar-refractivity contribution is 5.92. The number of amides is 2. The summed E-state index contributed by atoms with van der Waals surface area (Å²) in [4.78, 5) is 25.5. The lowest BCUT2D eigenvalue weighted by Gasteiger charge is -2.28. The van der Waals surface area contributed by atoms with Crippen molar-refractivity contribution in [3.05, 3.63) is 0 Å². The number of hydrogen-bond donors (Lipinski definition) is 1. The minimum atomic E-state index is -0.815. The van der Waals surface area contributed by atoms with Crippen molar-refractivity contribution in [1.82, 2.24) is 10.2 Å². The highest BCUT2D eigenvalue weighted by Gasteiger charge is 2.35. The van der Waals surface area contributed by atoms with E-state index in [1.807, 2.05) is 0 Å². The molecule has 0 aromatic heterocycles. The fourth-order valence-corrected chi connectivity index (χ4v) is 2.01. The maximum atomic E-state index is 12.2. The molecule has 110 valence electrons. The molecule has 2 amide bonds. The van der Waals surface area contributed by atoms with Gasteiger partial charge in [-0.3, -0.25) is 9.59 Å². The molecule has 19 heavy (non-hydrogen) atoms. The van der Waals surface area contributed by atoms with E-state index in [2.05, 4.69) is 5.32 Å². The zero-order chi connectivity index (χ0) is 14.3. The van der Waals surface area contributed by atoms with Gasteiger partial charge in [0.1, 0.15) is 5.54 Å². The van der Waals surface area contributed by atoms with Crippen LogP contribution in [0.1, 0.15) is 26.7 Å². The minimum Gasteiger partial charge on any atom is -0.382 e.